The Bertz CT molecular complexity index is 1720. The first-order valence-electron chi connectivity index (χ1n) is 12.6. The lowest BCUT2D eigenvalue weighted by atomic mass is 9.87. The molecule has 8 heteroatoms. The molecule has 0 saturated carbocycles. The summed E-state index contributed by atoms with van der Waals surface area (Å²) in [5.74, 6) is -0.541. The monoisotopic (exact) mass is 538 g/mol. The molecule has 5 aromatic rings. The average molecular weight is 539 g/mol. The topological polar surface area (TPSA) is 104 Å². The summed E-state index contributed by atoms with van der Waals surface area (Å²) in [7, 11) is -3.57. The molecule has 3 aromatic carbocycles. The van der Waals surface area contributed by atoms with Gasteiger partial charge in [0.1, 0.15) is 11.6 Å². The standard InChI is InChI=1S/C31H30N4O3S/c1-31(2,3)22-9-12-25(13-10-22)39(37,38)20-33-24-11-14-27-26(19-24)28(21-7-5-4-6-8-21)29(35-27)30(36)34-23-15-17-32-18-16-23/h4-19,33,35H,20H2,1-3H3,(H,32,34,36). The van der Waals surface area contributed by atoms with Gasteiger partial charge in [-0.25, -0.2) is 8.42 Å². The van der Waals surface area contributed by atoms with E-state index in [0.29, 0.717) is 17.1 Å². The van der Waals surface area contributed by atoms with Crippen molar-refractivity contribution in [3.05, 3.63) is 109 Å². The fourth-order valence-corrected chi connectivity index (χ4v) is 5.50. The van der Waals surface area contributed by atoms with Crippen molar-refractivity contribution in [2.24, 2.45) is 0 Å². The number of aromatic amines is 1. The number of hydrogen-bond donors (Lipinski definition) is 3. The molecule has 198 valence electrons. The van der Waals surface area contributed by atoms with Crippen LogP contribution in [0.2, 0.25) is 0 Å². The maximum Gasteiger partial charge on any atom is 0.272 e. The Labute approximate surface area is 228 Å². The molecular formula is C31H30N4O3S. The van der Waals surface area contributed by atoms with Crippen molar-refractivity contribution in [1.29, 1.82) is 0 Å². The van der Waals surface area contributed by atoms with E-state index in [2.05, 4.69) is 41.4 Å². The highest BCUT2D eigenvalue weighted by Crippen LogP contribution is 2.35. The molecule has 2 aromatic heterocycles. The Morgan fingerprint density at radius 3 is 2.23 bits per heavy atom. The molecule has 0 fully saturated rings. The summed E-state index contributed by atoms with van der Waals surface area (Å²) in [5, 5.41) is 6.79. The molecule has 1 amide bonds. The summed E-state index contributed by atoms with van der Waals surface area (Å²) >= 11 is 0. The van der Waals surface area contributed by atoms with Gasteiger partial charge in [-0.2, -0.15) is 0 Å². The van der Waals surface area contributed by atoms with Gasteiger partial charge in [0, 0.05) is 40.2 Å². The lowest BCUT2D eigenvalue weighted by Gasteiger charge is -2.19. The van der Waals surface area contributed by atoms with E-state index in [1.54, 1.807) is 42.7 Å². The largest absolute Gasteiger partial charge is 0.371 e. The quantitative estimate of drug-likeness (QED) is 0.216. The van der Waals surface area contributed by atoms with Gasteiger partial charge in [0.25, 0.3) is 5.91 Å². The predicted molar refractivity (Wildman–Crippen MR) is 157 cm³/mol. The first-order chi connectivity index (χ1) is 18.6. The molecule has 5 rings (SSSR count). The zero-order valence-electron chi connectivity index (χ0n) is 22.0. The molecule has 3 N–H and O–H groups in total. The van der Waals surface area contributed by atoms with Gasteiger partial charge in [0.2, 0.25) is 0 Å². The lowest BCUT2D eigenvalue weighted by Crippen LogP contribution is -2.16. The summed E-state index contributed by atoms with van der Waals surface area (Å²) in [4.78, 5) is 20.8. The van der Waals surface area contributed by atoms with Crippen molar-refractivity contribution in [3.63, 3.8) is 0 Å². The lowest BCUT2D eigenvalue weighted by molar-refractivity contribution is 0.102. The fraction of sp³-hybridized carbons (Fsp3) is 0.161. The van der Waals surface area contributed by atoms with Gasteiger partial charge in [-0.15, -0.1) is 0 Å². The van der Waals surface area contributed by atoms with E-state index in [4.69, 9.17) is 0 Å². The number of sulfone groups is 1. The predicted octanol–water partition coefficient (Wildman–Crippen LogP) is 6.62. The number of carbonyl (C=O) groups excluding carboxylic acids is 1. The van der Waals surface area contributed by atoms with Gasteiger partial charge >= 0.3 is 0 Å². The molecule has 0 saturated heterocycles. The number of carbonyl (C=O) groups is 1. The third-order valence-corrected chi connectivity index (χ3v) is 8.09. The molecule has 39 heavy (non-hydrogen) atoms. The number of aromatic nitrogens is 2. The second-order valence-electron chi connectivity index (χ2n) is 10.4. The van der Waals surface area contributed by atoms with Gasteiger partial charge in [0.05, 0.1) is 4.90 Å². The molecular weight excluding hydrogens is 508 g/mol. The highest BCUT2D eigenvalue weighted by Gasteiger charge is 2.21. The Kier molecular flexibility index (Phi) is 6.97. The number of rotatable bonds is 7. The molecule has 7 nitrogen and oxygen atoms in total. The van der Waals surface area contributed by atoms with Crippen LogP contribution in [0, 0.1) is 0 Å². The minimum Gasteiger partial charge on any atom is -0.371 e. The summed E-state index contributed by atoms with van der Waals surface area (Å²) < 4.78 is 26.1. The van der Waals surface area contributed by atoms with Crippen LogP contribution >= 0.6 is 0 Å². The van der Waals surface area contributed by atoms with Gasteiger partial charge in [-0.05, 0) is 59.0 Å². The van der Waals surface area contributed by atoms with Gasteiger partial charge in [-0.1, -0.05) is 63.2 Å². The Hall–Kier alpha value is -4.43. The summed E-state index contributed by atoms with van der Waals surface area (Å²) in [6.45, 7) is 6.27. The first-order valence-corrected chi connectivity index (χ1v) is 14.3. The van der Waals surface area contributed by atoms with Gasteiger partial charge < -0.3 is 15.6 Å². The number of H-pyrrole nitrogens is 1. The van der Waals surface area contributed by atoms with E-state index in [1.165, 1.54) is 0 Å². The van der Waals surface area contributed by atoms with Crippen LogP contribution in [-0.4, -0.2) is 30.2 Å². The molecule has 0 aliphatic heterocycles. The fourth-order valence-electron chi connectivity index (χ4n) is 4.43. The Morgan fingerprint density at radius 2 is 1.56 bits per heavy atom. The van der Waals surface area contributed by atoms with Crippen LogP contribution < -0.4 is 10.6 Å². The van der Waals surface area contributed by atoms with Crippen molar-refractivity contribution >= 4 is 38.0 Å². The van der Waals surface area contributed by atoms with E-state index < -0.39 is 9.84 Å². The van der Waals surface area contributed by atoms with Gasteiger partial charge in [0.15, 0.2) is 9.84 Å². The van der Waals surface area contributed by atoms with Crippen molar-refractivity contribution in [1.82, 2.24) is 9.97 Å². The molecule has 0 aliphatic rings. The third-order valence-electron chi connectivity index (χ3n) is 6.57. The molecule has 0 atom stereocenters. The van der Waals surface area contributed by atoms with Crippen LogP contribution in [0.15, 0.2) is 102 Å². The van der Waals surface area contributed by atoms with Crippen LogP contribution in [0.3, 0.4) is 0 Å². The zero-order chi connectivity index (χ0) is 27.6. The number of amides is 1. The van der Waals surface area contributed by atoms with Crippen LogP contribution in [-0.2, 0) is 15.3 Å². The molecule has 0 radical (unpaired) electrons. The number of nitrogens with one attached hydrogen (secondary N) is 3. The normalized spacial score (nSPS) is 11.9. The van der Waals surface area contributed by atoms with Crippen molar-refractivity contribution in [2.75, 3.05) is 16.5 Å². The minimum absolute atomic E-state index is 0.0585. The zero-order valence-corrected chi connectivity index (χ0v) is 22.8. The Morgan fingerprint density at radius 1 is 0.872 bits per heavy atom. The summed E-state index contributed by atoms with van der Waals surface area (Å²) in [5.41, 5.74) is 5.07. The number of fused-ring (bicyclic) bond motifs is 1. The van der Waals surface area contributed by atoms with E-state index in [1.807, 2.05) is 54.6 Å². The van der Waals surface area contributed by atoms with E-state index >= 15 is 0 Å². The maximum atomic E-state index is 13.3. The molecule has 0 spiro atoms. The summed E-state index contributed by atoms with van der Waals surface area (Å²) in [6, 6.07) is 25.6. The average Bonchev–Trinajstić information content (AvgIpc) is 3.32. The second kappa shape index (κ2) is 10.4. The number of pyridine rings is 1. The SMILES string of the molecule is CC(C)(C)c1ccc(S(=O)(=O)CNc2ccc3[nH]c(C(=O)Nc4ccncc4)c(-c4ccccc4)c3c2)cc1. The first kappa shape index (κ1) is 26.2. The molecule has 2 heterocycles. The second-order valence-corrected chi connectivity index (χ2v) is 12.4. The molecule has 0 aliphatic carbocycles. The number of benzene rings is 3. The minimum atomic E-state index is -3.57. The number of hydrogen-bond acceptors (Lipinski definition) is 5. The van der Waals surface area contributed by atoms with Crippen molar-refractivity contribution < 1.29 is 13.2 Å². The van der Waals surface area contributed by atoms with E-state index in [-0.39, 0.29) is 22.1 Å². The maximum absolute atomic E-state index is 13.3. The van der Waals surface area contributed by atoms with Gasteiger partial charge in [-0.3, -0.25) is 9.78 Å². The smallest absolute Gasteiger partial charge is 0.272 e. The van der Waals surface area contributed by atoms with Crippen LogP contribution in [0.1, 0.15) is 36.8 Å². The highest BCUT2D eigenvalue weighted by molar-refractivity contribution is 7.91. The number of nitrogens with zero attached hydrogens (tertiary/aromatic N) is 1. The number of anilines is 2. The van der Waals surface area contributed by atoms with E-state index in [9.17, 15) is 13.2 Å². The molecule has 0 bridgehead atoms. The van der Waals surface area contributed by atoms with Crippen LogP contribution in [0.4, 0.5) is 11.4 Å². The van der Waals surface area contributed by atoms with Crippen LogP contribution in [0.25, 0.3) is 22.0 Å². The van der Waals surface area contributed by atoms with Crippen LogP contribution in [0.5, 0.6) is 0 Å². The van der Waals surface area contributed by atoms with Crippen molar-refractivity contribution in [3.8, 4) is 11.1 Å². The molecule has 0 unspecified atom stereocenters. The Balaban J connectivity index is 1.45. The van der Waals surface area contributed by atoms with Crippen molar-refractivity contribution in [2.45, 2.75) is 31.1 Å². The highest BCUT2D eigenvalue weighted by atomic mass is 32.2. The summed E-state index contributed by atoms with van der Waals surface area (Å²) in [6.07, 6.45) is 3.23. The third kappa shape index (κ3) is 5.71. The van der Waals surface area contributed by atoms with E-state index in [0.717, 1.165) is 27.6 Å².